The van der Waals surface area contributed by atoms with Crippen LogP contribution in [0.5, 0.6) is 0 Å². The molecular weight excluding hydrogens is 600 g/mol. The van der Waals surface area contributed by atoms with E-state index in [1.54, 1.807) is 20.8 Å². The molecule has 0 aromatic heterocycles. The van der Waals surface area contributed by atoms with Gasteiger partial charge >= 0.3 is 0 Å². The van der Waals surface area contributed by atoms with Crippen molar-refractivity contribution in [3.8, 4) is 12.3 Å². The summed E-state index contributed by atoms with van der Waals surface area (Å²) in [4.78, 5) is 44.4. The van der Waals surface area contributed by atoms with Gasteiger partial charge in [-0.25, -0.2) is 0 Å². The molecule has 3 atom stereocenters. The molecule has 2 aliphatic rings. The first-order valence-corrected chi connectivity index (χ1v) is 17.3. The van der Waals surface area contributed by atoms with Crippen molar-refractivity contribution >= 4 is 23.6 Å². The van der Waals surface area contributed by atoms with E-state index in [1.165, 1.54) is 0 Å². The molecule has 2 fully saturated rings. The van der Waals surface area contributed by atoms with Crippen LogP contribution in [0.15, 0.2) is 0 Å². The SMILES string of the molecule is C#CC(C)(C)NC(=O)C(C)C.CC(C)C(=O)NC1CCCC(O)C1.CC(C)C(=O)NCCC1(O)CC1.CC(O)CCNC(=O)C(C)C. The van der Waals surface area contributed by atoms with Gasteiger partial charge in [-0.05, 0) is 72.1 Å². The van der Waals surface area contributed by atoms with Crippen molar-refractivity contribution < 1.29 is 34.5 Å². The van der Waals surface area contributed by atoms with Crippen molar-refractivity contribution in [1.82, 2.24) is 21.3 Å². The number of carbonyl (C=O) groups excluding carboxylic acids is 4. The van der Waals surface area contributed by atoms with Gasteiger partial charge in [-0.15, -0.1) is 6.42 Å². The summed E-state index contributed by atoms with van der Waals surface area (Å²) in [6.45, 7) is 21.3. The lowest BCUT2D eigenvalue weighted by Crippen LogP contribution is -2.44. The van der Waals surface area contributed by atoms with E-state index in [4.69, 9.17) is 11.5 Å². The molecule has 0 aromatic rings. The monoisotopic (exact) mass is 669 g/mol. The number of aliphatic hydroxyl groups is 3. The summed E-state index contributed by atoms with van der Waals surface area (Å²) in [6, 6.07) is 0.193. The third-order valence-electron chi connectivity index (χ3n) is 7.47. The number of terminal acetylenes is 1. The summed E-state index contributed by atoms with van der Waals surface area (Å²) in [5.41, 5.74) is -0.967. The zero-order valence-electron chi connectivity index (χ0n) is 31.2. The van der Waals surface area contributed by atoms with Gasteiger partial charge in [0.1, 0.15) is 0 Å². The van der Waals surface area contributed by atoms with Crippen molar-refractivity contribution in [2.45, 2.75) is 157 Å². The van der Waals surface area contributed by atoms with Crippen LogP contribution < -0.4 is 21.3 Å². The fraction of sp³-hybridized carbons (Fsp3) is 0.833. The summed E-state index contributed by atoms with van der Waals surface area (Å²) in [7, 11) is 0. The molecule has 2 rings (SSSR count). The fourth-order valence-electron chi connectivity index (χ4n) is 3.78. The summed E-state index contributed by atoms with van der Waals surface area (Å²) >= 11 is 0. The van der Waals surface area contributed by atoms with Crippen LogP contribution >= 0.6 is 0 Å². The van der Waals surface area contributed by atoms with E-state index in [-0.39, 0.29) is 65.6 Å². The minimum Gasteiger partial charge on any atom is -0.393 e. The molecular formula is C36H68N4O7. The molecule has 0 radical (unpaired) electrons. The van der Waals surface area contributed by atoms with E-state index in [0.717, 1.165) is 38.5 Å². The molecule has 0 spiro atoms. The predicted octanol–water partition coefficient (Wildman–Crippen LogP) is 3.44. The van der Waals surface area contributed by atoms with Gasteiger partial charge in [0.05, 0.1) is 23.3 Å². The van der Waals surface area contributed by atoms with Gasteiger partial charge in [0, 0.05) is 42.8 Å². The Balaban J connectivity index is 0. The smallest absolute Gasteiger partial charge is 0.223 e. The highest BCUT2D eigenvalue weighted by molar-refractivity contribution is 5.79. The Labute approximate surface area is 285 Å². The number of carbonyl (C=O) groups is 4. The van der Waals surface area contributed by atoms with E-state index in [2.05, 4.69) is 27.2 Å². The second-order valence-corrected chi connectivity index (χ2v) is 14.6. The number of hydrogen-bond acceptors (Lipinski definition) is 7. The van der Waals surface area contributed by atoms with Crippen molar-refractivity contribution in [1.29, 1.82) is 0 Å². The number of aliphatic hydroxyl groups excluding tert-OH is 2. The van der Waals surface area contributed by atoms with Gasteiger partial charge in [-0.1, -0.05) is 61.3 Å². The lowest BCUT2D eigenvalue weighted by Gasteiger charge is -2.27. The highest BCUT2D eigenvalue weighted by Crippen LogP contribution is 2.37. The molecule has 0 aliphatic heterocycles. The standard InChI is InChI=1S/C10H19NO2.C9H17NO2.C9H15NO.C8H17NO2/c1-7(2)10(13)11-8-4-3-5-9(12)6-8;1-7(2)8(11)10-6-5-9(12)3-4-9;1-6-9(4,5)10-8(11)7(2)3;1-6(2)8(11)9-5-4-7(3)10/h7-9,12H,3-6H2,1-2H3,(H,11,13);7,12H,3-6H2,1-2H3,(H,10,11);1,7H,2-5H3,(H,10,11);6-7,10H,4-5H2,1-3H3,(H,9,11). The lowest BCUT2D eigenvalue weighted by molar-refractivity contribution is -0.125. The first kappa shape index (κ1) is 46.4. The summed E-state index contributed by atoms with van der Waals surface area (Å²) < 4.78 is 0. The van der Waals surface area contributed by atoms with Crippen LogP contribution in [0.3, 0.4) is 0 Å². The van der Waals surface area contributed by atoms with Crippen LogP contribution in [-0.4, -0.2) is 81.4 Å². The van der Waals surface area contributed by atoms with E-state index < -0.39 is 11.1 Å². The zero-order chi connectivity index (χ0) is 37.0. The van der Waals surface area contributed by atoms with Crippen molar-refractivity contribution in [2.75, 3.05) is 13.1 Å². The molecule has 2 aliphatic carbocycles. The van der Waals surface area contributed by atoms with Gasteiger partial charge in [0.2, 0.25) is 23.6 Å². The third-order valence-corrected chi connectivity index (χ3v) is 7.47. The summed E-state index contributed by atoms with van der Waals surface area (Å²) in [6.07, 6.45) is 11.4. The molecule has 11 heteroatoms. The highest BCUT2D eigenvalue weighted by Gasteiger charge is 2.39. The Kier molecular flexibility index (Phi) is 23.3. The van der Waals surface area contributed by atoms with Crippen LogP contribution in [0.2, 0.25) is 0 Å². The maximum absolute atomic E-state index is 11.3. The minimum absolute atomic E-state index is 0.00653. The van der Waals surface area contributed by atoms with Gasteiger partial charge in [0.25, 0.3) is 0 Å². The molecule has 274 valence electrons. The predicted molar refractivity (Wildman–Crippen MR) is 188 cm³/mol. The molecule has 4 amide bonds. The summed E-state index contributed by atoms with van der Waals surface area (Å²) in [5.74, 6) is 2.80. The molecule has 11 nitrogen and oxygen atoms in total. The maximum Gasteiger partial charge on any atom is 0.223 e. The third kappa shape index (κ3) is 26.0. The average Bonchev–Trinajstić information content (AvgIpc) is 3.70. The largest absolute Gasteiger partial charge is 0.393 e. The second-order valence-electron chi connectivity index (χ2n) is 14.6. The quantitative estimate of drug-likeness (QED) is 0.156. The molecule has 0 bridgehead atoms. The first-order valence-electron chi connectivity index (χ1n) is 17.3. The Morgan fingerprint density at radius 3 is 1.66 bits per heavy atom. The first-order chi connectivity index (χ1) is 21.6. The number of nitrogens with one attached hydrogen (secondary N) is 4. The number of amides is 4. The van der Waals surface area contributed by atoms with Crippen LogP contribution in [0, 0.1) is 36.0 Å². The van der Waals surface area contributed by atoms with Crippen molar-refractivity contribution in [3.05, 3.63) is 0 Å². The van der Waals surface area contributed by atoms with Gasteiger partial charge in [0.15, 0.2) is 0 Å². The van der Waals surface area contributed by atoms with Crippen LogP contribution in [0.4, 0.5) is 0 Å². The minimum atomic E-state index is -0.526. The normalized spacial score (nSPS) is 18.6. The molecule has 2 saturated carbocycles. The Hall–Kier alpha value is -2.68. The molecule has 7 N–H and O–H groups in total. The van der Waals surface area contributed by atoms with Crippen LogP contribution in [0.1, 0.15) is 128 Å². The molecule has 47 heavy (non-hydrogen) atoms. The second kappa shape index (κ2) is 23.6. The molecule has 0 saturated heterocycles. The highest BCUT2D eigenvalue weighted by atomic mass is 16.3. The number of hydrogen-bond donors (Lipinski definition) is 7. The van der Waals surface area contributed by atoms with Crippen molar-refractivity contribution in [2.24, 2.45) is 23.7 Å². The fourth-order valence-corrected chi connectivity index (χ4v) is 3.78. The van der Waals surface area contributed by atoms with E-state index in [1.807, 2.05) is 55.4 Å². The number of rotatable bonds is 12. The average molecular weight is 669 g/mol. The van der Waals surface area contributed by atoms with Gasteiger partial charge in [-0.2, -0.15) is 0 Å². The molecule has 3 unspecified atom stereocenters. The topological polar surface area (TPSA) is 177 Å². The molecule has 0 heterocycles. The zero-order valence-corrected chi connectivity index (χ0v) is 31.2. The Bertz CT molecular complexity index is 967. The van der Waals surface area contributed by atoms with Gasteiger partial charge in [-0.3, -0.25) is 19.2 Å². The molecule has 0 aromatic carbocycles. The van der Waals surface area contributed by atoms with E-state index in [0.29, 0.717) is 25.9 Å². The maximum atomic E-state index is 11.3. The van der Waals surface area contributed by atoms with Gasteiger partial charge < -0.3 is 36.6 Å². The Morgan fingerprint density at radius 1 is 0.809 bits per heavy atom. The van der Waals surface area contributed by atoms with E-state index >= 15 is 0 Å². The summed E-state index contributed by atoms with van der Waals surface area (Å²) in [5, 5.41) is 38.8. The Morgan fingerprint density at radius 2 is 1.28 bits per heavy atom. The van der Waals surface area contributed by atoms with Crippen LogP contribution in [-0.2, 0) is 19.2 Å². The van der Waals surface area contributed by atoms with Crippen LogP contribution in [0.25, 0.3) is 0 Å². The lowest BCUT2D eigenvalue weighted by atomic mass is 9.92. The van der Waals surface area contributed by atoms with E-state index in [9.17, 15) is 29.4 Å². The van der Waals surface area contributed by atoms with Crippen molar-refractivity contribution in [3.63, 3.8) is 0 Å².